The molecule has 7 bridgehead atoms. The SMILES string of the molecule is COC1/C=C/OC2(C)Oc3c(C)c(O)c4c(O)c(c(-[n+]5ccc(N(C)C)cc5)c(O)c4c3C2=O)NC(=O)/C(C)=C\C=C\C(C)C2OC(C)(C)OC(C2C)C(C)C(OC(C)=O)C1C. The number of allylic oxidation sites excluding steroid dienone is 2. The summed E-state index contributed by atoms with van der Waals surface area (Å²) in [6.07, 6.45) is 9.23. The number of anilines is 2. The molecule has 2 aromatic carbocycles. The number of hydrogen-bond acceptors (Lipinski definition) is 13. The fourth-order valence-corrected chi connectivity index (χ4v) is 8.91. The summed E-state index contributed by atoms with van der Waals surface area (Å²) in [5.41, 5.74) is 0.699. The summed E-state index contributed by atoms with van der Waals surface area (Å²) in [5.74, 6) is -7.72. The number of esters is 1. The van der Waals surface area contributed by atoms with Gasteiger partial charge in [0.2, 0.25) is 0 Å². The van der Waals surface area contributed by atoms with E-state index in [0.717, 1.165) is 5.69 Å². The van der Waals surface area contributed by atoms with E-state index in [2.05, 4.69) is 5.32 Å². The van der Waals surface area contributed by atoms with Gasteiger partial charge < -0.3 is 54.0 Å². The fourth-order valence-electron chi connectivity index (χ4n) is 8.91. The average Bonchev–Trinajstić information content (AvgIpc) is 3.48. The van der Waals surface area contributed by atoms with Crippen LogP contribution in [-0.2, 0) is 33.3 Å². The van der Waals surface area contributed by atoms with Crippen molar-refractivity contribution in [1.29, 1.82) is 0 Å². The highest BCUT2D eigenvalue weighted by molar-refractivity contribution is 6.22. The van der Waals surface area contributed by atoms with E-state index in [4.69, 9.17) is 28.4 Å². The van der Waals surface area contributed by atoms with Crippen LogP contribution in [0.3, 0.4) is 0 Å². The predicted molar refractivity (Wildman–Crippen MR) is 231 cm³/mol. The normalized spacial score (nSPS) is 30.8. The van der Waals surface area contributed by atoms with Crippen molar-refractivity contribution in [3.63, 3.8) is 0 Å². The van der Waals surface area contributed by atoms with Crippen molar-refractivity contribution in [3.8, 4) is 28.7 Å². The Morgan fingerprint density at radius 3 is 2.15 bits per heavy atom. The lowest BCUT2D eigenvalue weighted by atomic mass is 9.77. The molecule has 0 spiro atoms. The molecule has 9 atom stereocenters. The standard InChI is InChI=1S/C47H59N3O12/c1-23-15-14-16-24(2)45(56)48-35-36(50-20-17-30(18-21-50)49(11)12)39(54)32-33(38(35)53)37(52)26(4)43-34(32)44(55)47(10,62-43)58-22-19-31(57-13)25(3)41(59-29(7)51)28(6)42-27(5)40(23)60-46(8,9)61-42/h14-23,25,27-28,31,40-42H,1-13H3,(H3-,48,52,53,54,55,56)/p+1/b15-14+,22-19+,24-16-. The number of ether oxygens (including phenoxy) is 6. The van der Waals surface area contributed by atoms with Crippen LogP contribution < -0.4 is 19.5 Å². The smallest absolute Gasteiger partial charge is 0.312 e. The van der Waals surface area contributed by atoms with Gasteiger partial charge in [0, 0.05) is 87.7 Å². The third kappa shape index (κ3) is 8.32. The summed E-state index contributed by atoms with van der Waals surface area (Å²) >= 11 is 0. The van der Waals surface area contributed by atoms with Crippen LogP contribution in [0.5, 0.6) is 23.0 Å². The highest BCUT2D eigenvalue weighted by Gasteiger charge is 2.51. The van der Waals surface area contributed by atoms with Crippen molar-refractivity contribution < 1.29 is 62.7 Å². The van der Waals surface area contributed by atoms with Crippen molar-refractivity contribution in [2.45, 2.75) is 105 Å². The molecule has 0 aliphatic carbocycles. The summed E-state index contributed by atoms with van der Waals surface area (Å²) < 4.78 is 38.8. The second kappa shape index (κ2) is 17.3. The van der Waals surface area contributed by atoms with E-state index in [1.54, 1.807) is 49.7 Å². The Morgan fingerprint density at radius 2 is 1.53 bits per heavy atom. The number of methoxy groups -OCH3 is 1. The van der Waals surface area contributed by atoms with Gasteiger partial charge in [-0.3, -0.25) is 14.4 Å². The number of aromatic nitrogens is 1. The number of ketones is 1. The minimum absolute atomic E-state index is 0.0705. The van der Waals surface area contributed by atoms with Gasteiger partial charge in [0.05, 0.1) is 40.9 Å². The Morgan fingerprint density at radius 1 is 0.887 bits per heavy atom. The molecule has 0 radical (unpaired) electrons. The van der Waals surface area contributed by atoms with Gasteiger partial charge in [0.25, 0.3) is 17.4 Å². The number of phenols is 3. The number of aromatic hydroxyl groups is 3. The van der Waals surface area contributed by atoms with E-state index in [0.29, 0.717) is 0 Å². The van der Waals surface area contributed by atoms with Crippen molar-refractivity contribution >= 4 is 39.8 Å². The molecule has 1 fully saturated rings. The van der Waals surface area contributed by atoms with Crippen LogP contribution in [0, 0.1) is 30.6 Å². The molecule has 4 aliphatic heterocycles. The number of carbonyl (C=O) groups excluding carboxylic acids is 3. The maximum absolute atomic E-state index is 14.6. The molecule has 62 heavy (non-hydrogen) atoms. The molecule has 334 valence electrons. The highest BCUT2D eigenvalue weighted by atomic mass is 16.7. The van der Waals surface area contributed by atoms with Crippen molar-refractivity contribution in [1.82, 2.24) is 0 Å². The molecule has 0 saturated carbocycles. The molecule has 4 aliphatic rings. The number of pyridine rings is 1. The van der Waals surface area contributed by atoms with Crippen LogP contribution in [0.1, 0.15) is 78.2 Å². The zero-order valence-electron chi connectivity index (χ0n) is 37.7. The van der Waals surface area contributed by atoms with Crippen LogP contribution >= 0.6 is 0 Å². The lowest BCUT2D eigenvalue weighted by Crippen LogP contribution is -2.56. The number of amides is 1. The minimum atomic E-state index is -2.02. The number of rotatable bonds is 4. The van der Waals surface area contributed by atoms with Crippen molar-refractivity contribution in [2.75, 3.05) is 31.4 Å². The van der Waals surface area contributed by atoms with Crippen LogP contribution in [-0.4, -0.2) is 90.2 Å². The van der Waals surface area contributed by atoms with E-state index in [-0.39, 0.29) is 68.5 Å². The first kappa shape index (κ1) is 45.9. The van der Waals surface area contributed by atoms with Crippen LogP contribution in [0.25, 0.3) is 16.5 Å². The van der Waals surface area contributed by atoms with Gasteiger partial charge in [-0.1, -0.05) is 45.9 Å². The Bertz CT molecular complexity index is 2350. The minimum Gasteiger partial charge on any atom is -0.507 e. The molecule has 9 unspecified atom stereocenters. The number of carbonyl (C=O) groups is 3. The molecule has 5 heterocycles. The van der Waals surface area contributed by atoms with E-state index in [1.807, 2.05) is 66.6 Å². The summed E-state index contributed by atoms with van der Waals surface area (Å²) in [7, 11) is 5.24. The van der Waals surface area contributed by atoms with Gasteiger partial charge in [0.1, 0.15) is 17.6 Å². The second-order valence-corrected chi connectivity index (χ2v) is 17.5. The molecule has 1 amide bonds. The van der Waals surface area contributed by atoms with Crippen molar-refractivity contribution in [3.05, 3.63) is 71.8 Å². The molecular weight excluding hydrogens is 799 g/mol. The molecule has 15 nitrogen and oxygen atoms in total. The number of benzene rings is 2. The Labute approximate surface area is 362 Å². The number of Topliss-reactive ketones (excluding diaryl/α,β-unsaturated/α-hetero) is 1. The molecule has 1 saturated heterocycles. The molecule has 7 rings (SSSR count). The summed E-state index contributed by atoms with van der Waals surface area (Å²) in [6, 6.07) is 3.53. The lowest BCUT2D eigenvalue weighted by molar-refractivity contribution is -0.595. The average molecular weight is 859 g/mol. The zero-order valence-corrected chi connectivity index (χ0v) is 37.7. The number of phenolic OH excluding ortho intramolecular Hbond substituents is 3. The quantitative estimate of drug-likeness (QED) is 0.0921. The van der Waals surface area contributed by atoms with E-state index < -0.39 is 70.7 Å². The first-order chi connectivity index (χ1) is 29.0. The maximum atomic E-state index is 14.6. The number of nitrogens with one attached hydrogen (secondary N) is 1. The van der Waals surface area contributed by atoms with Crippen LogP contribution in [0.4, 0.5) is 11.4 Å². The van der Waals surface area contributed by atoms with E-state index in [1.165, 1.54) is 38.7 Å². The number of hydrogen-bond donors (Lipinski definition) is 4. The summed E-state index contributed by atoms with van der Waals surface area (Å²) in [6.45, 7) is 17.4. The van der Waals surface area contributed by atoms with Crippen LogP contribution in [0.2, 0.25) is 0 Å². The van der Waals surface area contributed by atoms with E-state index in [9.17, 15) is 29.7 Å². The van der Waals surface area contributed by atoms with Gasteiger partial charge in [-0.25, -0.2) is 0 Å². The molecular formula is C47H60N3O12+. The van der Waals surface area contributed by atoms with Gasteiger partial charge in [-0.05, 0) is 33.8 Å². The summed E-state index contributed by atoms with van der Waals surface area (Å²) in [4.78, 5) is 43.1. The largest absolute Gasteiger partial charge is 0.507 e. The Balaban J connectivity index is 1.57. The monoisotopic (exact) mass is 858 g/mol. The third-order valence-corrected chi connectivity index (χ3v) is 12.3. The highest BCUT2D eigenvalue weighted by Crippen LogP contribution is 2.55. The molecule has 15 heteroatoms. The van der Waals surface area contributed by atoms with Gasteiger partial charge in [-0.2, -0.15) is 4.57 Å². The van der Waals surface area contributed by atoms with Gasteiger partial charge in [-0.15, -0.1) is 0 Å². The lowest BCUT2D eigenvalue weighted by Gasteiger charge is -2.50. The maximum Gasteiger partial charge on any atom is 0.312 e. The first-order valence-electron chi connectivity index (χ1n) is 20.8. The number of fused-ring (bicyclic) bond motifs is 10. The first-order valence-corrected chi connectivity index (χ1v) is 20.8. The second-order valence-electron chi connectivity index (χ2n) is 17.5. The Kier molecular flexibility index (Phi) is 12.8. The molecule has 1 aromatic heterocycles. The zero-order chi connectivity index (χ0) is 45.7. The van der Waals surface area contributed by atoms with Gasteiger partial charge in [0.15, 0.2) is 35.4 Å². The third-order valence-electron chi connectivity index (χ3n) is 12.3. The van der Waals surface area contributed by atoms with E-state index >= 15 is 0 Å². The van der Waals surface area contributed by atoms with Gasteiger partial charge >= 0.3 is 11.8 Å². The topological polar surface area (TPSA) is 186 Å². The Hall–Kier alpha value is -5.64. The van der Waals surface area contributed by atoms with Crippen molar-refractivity contribution in [2.24, 2.45) is 23.7 Å². The number of nitrogens with zero attached hydrogens (tertiary/aromatic N) is 2. The fraction of sp³-hybridized carbons (Fsp3) is 0.489. The van der Waals surface area contributed by atoms with Crippen LogP contribution in [0.15, 0.2) is 60.7 Å². The molecule has 4 N–H and O–H groups in total. The molecule has 3 aromatic rings. The predicted octanol–water partition coefficient (Wildman–Crippen LogP) is 6.90. The summed E-state index contributed by atoms with van der Waals surface area (Å²) in [5, 5.41) is 38.4.